The molecular formula is C10H11N5O2. The average Bonchev–Trinajstić information content (AvgIpc) is 2.72. The monoisotopic (exact) mass is 233 g/mol. The van der Waals surface area contributed by atoms with Crippen LogP contribution in [0.25, 0.3) is 5.82 Å². The zero-order valence-electron chi connectivity index (χ0n) is 9.20. The molecule has 0 spiro atoms. The molecule has 0 aliphatic carbocycles. The Morgan fingerprint density at radius 2 is 2.41 bits per heavy atom. The molecule has 2 rings (SSSR count). The summed E-state index contributed by atoms with van der Waals surface area (Å²) in [7, 11) is 0. The van der Waals surface area contributed by atoms with E-state index in [2.05, 4.69) is 15.3 Å². The smallest absolute Gasteiger partial charge is 0.343 e. The van der Waals surface area contributed by atoms with Crippen LogP contribution in [0.5, 0.6) is 0 Å². The molecule has 17 heavy (non-hydrogen) atoms. The number of carbonyl (C=O) groups is 1. The van der Waals surface area contributed by atoms with Crippen molar-refractivity contribution in [2.75, 3.05) is 12.3 Å². The fraction of sp³-hybridized carbons (Fsp3) is 0.200. The van der Waals surface area contributed by atoms with E-state index in [1.807, 2.05) is 0 Å². The third-order valence-corrected chi connectivity index (χ3v) is 2.08. The molecule has 0 unspecified atom stereocenters. The maximum Gasteiger partial charge on any atom is 0.343 e. The summed E-state index contributed by atoms with van der Waals surface area (Å²) in [5.41, 5.74) is 6.02. The van der Waals surface area contributed by atoms with Gasteiger partial charge in [-0.25, -0.2) is 4.79 Å². The summed E-state index contributed by atoms with van der Waals surface area (Å²) >= 11 is 0. The SMILES string of the molecule is CCOC(=O)c1cnn(-c2cccnn2)c1N. The first-order chi connectivity index (χ1) is 8.24. The van der Waals surface area contributed by atoms with Gasteiger partial charge in [-0.2, -0.15) is 14.9 Å². The van der Waals surface area contributed by atoms with Gasteiger partial charge < -0.3 is 10.5 Å². The van der Waals surface area contributed by atoms with E-state index in [0.29, 0.717) is 5.82 Å². The number of nitrogens with two attached hydrogens (primary N) is 1. The van der Waals surface area contributed by atoms with Gasteiger partial charge in [-0.15, -0.1) is 5.10 Å². The topological polar surface area (TPSA) is 95.9 Å². The van der Waals surface area contributed by atoms with E-state index in [1.54, 1.807) is 19.1 Å². The lowest BCUT2D eigenvalue weighted by atomic mass is 10.3. The van der Waals surface area contributed by atoms with Gasteiger partial charge in [-0.1, -0.05) is 0 Å². The molecule has 7 nitrogen and oxygen atoms in total. The molecule has 0 aromatic carbocycles. The lowest BCUT2D eigenvalue weighted by molar-refractivity contribution is 0.0527. The molecule has 0 aliphatic rings. The van der Waals surface area contributed by atoms with Crippen LogP contribution in [-0.2, 0) is 4.74 Å². The predicted octanol–water partition coefficient (Wildman–Crippen LogP) is 0.421. The summed E-state index contributed by atoms with van der Waals surface area (Å²) in [6.45, 7) is 2.01. The Hall–Kier alpha value is -2.44. The van der Waals surface area contributed by atoms with Gasteiger partial charge in [0, 0.05) is 6.20 Å². The summed E-state index contributed by atoms with van der Waals surface area (Å²) in [6, 6.07) is 3.39. The lowest BCUT2D eigenvalue weighted by Crippen LogP contribution is -2.09. The Balaban J connectivity index is 2.37. The highest BCUT2D eigenvalue weighted by molar-refractivity contribution is 5.94. The third kappa shape index (κ3) is 2.07. The van der Waals surface area contributed by atoms with Gasteiger partial charge in [-0.05, 0) is 19.1 Å². The van der Waals surface area contributed by atoms with Gasteiger partial charge >= 0.3 is 5.97 Å². The Morgan fingerprint density at radius 1 is 1.59 bits per heavy atom. The highest BCUT2D eigenvalue weighted by Gasteiger charge is 2.17. The molecule has 0 atom stereocenters. The molecule has 2 N–H and O–H groups in total. The van der Waals surface area contributed by atoms with E-state index in [1.165, 1.54) is 17.1 Å². The zero-order valence-corrected chi connectivity index (χ0v) is 9.20. The Bertz CT molecular complexity index is 523. The Kier molecular flexibility index (Phi) is 2.99. The number of hydrogen-bond donors (Lipinski definition) is 1. The fourth-order valence-corrected chi connectivity index (χ4v) is 1.31. The van der Waals surface area contributed by atoms with Crippen LogP contribution in [0.15, 0.2) is 24.5 Å². The first-order valence-electron chi connectivity index (χ1n) is 5.02. The van der Waals surface area contributed by atoms with Crippen molar-refractivity contribution in [1.82, 2.24) is 20.0 Å². The minimum atomic E-state index is -0.500. The number of ether oxygens (including phenoxy) is 1. The number of rotatable bonds is 3. The summed E-state index contributed by atoms with van der Waals surface area (Å²) in [6.07, 6.45) is 2.89. The average molecular weight is 233 g/mol. The van der Waals surface area contributed by atoms with Crippen LogP contribution in [-0.4, -0.2) is 32.6 Å². The van der Waals surface area contributed by atoms with Crippen LogP contribution < -0.4 is 5.73 Å². The van der Waals surface area contributed by atoms with Gasteiger partial charge in [0.15, 0.2) is 5.82 Å². The summed E-state index contributed by atoms with van der Waals surface area (Å²) < 4.78 is 6.18. The number of carbonyl (C=O) groups excluding carboxylic acids is 1. The molecular weight excluding hydrogens is 222 g/mol. The molecule has 2 heterocycles. The van der Waals surface area contributed by atoms with Gasteiger partial charge in [0.1, 0.15) is 11.4 Å². The summed E-state index contributed by atoms with van der Waals surface area (Å²) in [5, 5.41) is 11.5. The number of aromatic nitrogens is 4. The minimum Gasteiger partial charge on any atom is -0.462 e. The summed E-state index contributed by atoms with van der Waals surface area (Å²) in [4.78, 5) is 11.5. The Labute approximate surface area is 97.2 Å². The summed E-state index contributed by atoms with van der Waals surface area (Å²) in [5.74, 6) is 0.129. The molecule has 88 valence electrons. The molecule has 0 saturated heterocycles. The molecule has 2 aromatic heterocycles. The molecule has 7 heteroatoms. The van der Waals surface area contributed by atoms with E-state index in [4.69, 9.17) is 10.5 Å². The molecule has 0 fully saturated rings. The van der Waals surface area contributed by atoms with Crippen molar-refractivity contribution in [1.29, 1.82) is 0 Å². The Morgan fingerprint density at radius 3 is 3.06 bits per heavy atom. The minimum absolute atomic E-state index is 0.184. The standard InChI is InChI=1S/C10H11N5O2/c1-2-17-10(16)7-6-13-15(9(7)11)8-4-3-5-12-14-8/h3-6H,2,11H2,1H3. The fourth-order valence-electron chi connectivity index (χ4n) is 1.31. The first kappa shape index (κ1) is 11.1. The van der Waals surface area contributed by atoms with E-state index in [0.717, 1.165) is 0 Å². The highest BCUT2D eigenvalue weighted by Crippen LogP contribution is 2.15. The second kappa shape index (κ2) is 4.60. The van der Waals surface area contributed by atoms with Crippen molar-refractivity contribution < 1.29 is 9.53 Å². The van der Waals surface area contributed by atoms with Crippen LogP contribution in [0.4, 0.5) is 5.82 Å². The number of esters is 1. The van der Waals surface area contributed by atoms with E-state index in [-0.39, 0.29) is 18.0 Å². The number of hydrogen-bond acceptors (Lipinski definition) is 6. The highest BCUT2D eigenvalue weighted by atomic mass is 16.5. The van der Waals surface area contributed by atoms with Crippen LogP contribution in [0.1, 0.15) is 17.3 Å². The quantitative estimate of drug-likeness (QED) is 0.772. The largest absolute Gasteiger partial charge is 0.462 e. The van der Waals surface area contributed by atoms with E-state index < -0.39 is 5.97 Å². The van der Waals surface area contributed by atoms with E-state index in [9.17, 15) is 4.79 Å². The molecule has 2 aromatic rings. The van der Waals surface area contributed by atoms with Crippen molar-refractivity contribution in [2.45, 2.75) is 6.92 Å². The van der Waals surface area contributed by atoms with Gasteiger partial charge in [0.2, 0.25) is 0 Å². The van der Waals surface area contributed by atoms with Crippen molar-refractivity contribution >= 4 is 11.8 Å². The number of anilines is 1. The molecule has 0 bridgehead atoms. The molecule has 0 saturated carbocycles. The van der Waals surface area contributed by atoms with Crippen LogP contribution in [0.3, 0.4) is 0 Å². The van der Waals surface area contributed by atoms with Crippen LogP contribution >= 0.6 is 0 Å². The van der Waals surface area contributed by atoms with Gasteiger partial charge in [0.25, 0.3) is 0 Å². The maximum absolute atomic E-state index is 11.5. The number of nitrogen functional groups attached to an aromatic ring is 1. The normalized spacial score (nSPS) is 10.2. The molecule has 0 radical (unpaired) electrons. The van der Waals surface area contributed by atoms with Crippen molar-refractivity contribution in [3.63, 3.8) is 0 Å². The zero-order chi connectivity index (χ0) is 12.3. The maximum atomic E-state index is 11.5. The van der Waals surface area contributed by atoms with E-state index >= 15 is 0 Å². The van der Waals surface area contributed by atoms with Crippen LogP contribution in [0, 0.1) is 0 Å². The lowest BCUT2D eigenvalue weighted by Gasteiger charge is -2.02. The predicted molar refractivity (Wildman–Crippen MR) is 59.5 cm³/mol. The number of nitrogens with zero attached hydrogens (tertiary/aromatic N) is 4. The third-order valence-electron chi connectivity index (χ3n) is 2.08. The van der Waals surface area contributed by atoms with Gasteiger partial charge in [0.05, 0.1) is 12.8 Å². The molecule has 0 aliphatic heterocycles. The van der Waals surface area contributed by atoms with Crippen LogP contribution in [0.2, 0.25) is 0 Å². The second-order valence-corrected chi connectivity index (χ2v) is 3.16. The molecule has 0 amide bonds. The van der Waals surface area contributed by atoms with Crippen molar-refractivity contribution in [2.24, 2.45) is 0 Å². The van der Waals surface area contributed by atoms with Gasteiger partial charge in [-0.3, -0.25) is 0 Å². The van der Waals surface area contributed by atoms with Crippen molar-refractivity contribution in [3.8, 4) is 5.82 Å². The van der Waals surface area contributed by atoms with Crippen molar-refractivity contribution in [3.05, 3.63) is 30.1 Å². The first-order valence-corrected chi connectivity index (χ1v) is 5.02. The second-order valence-electron chi connectivity index (χ2n) is 3.16.